The van der Waals surface area contributed by atoms with E-state index in [1.54, 1.807) is 0 Å². The Kier molecular flexibility index (Phi) is 6.64. The molecule has 3 aromatic heterocycles. The fourth-order valence-electron chi connectivity index (χ4n) is 7.19. The van der Waals surface area contributed by atoms with Crippen LogP contribution in [-0.2, 0) is 0 Å². The summed E-state index contributed by atoms with van der Waals surface area (Å²) < 4.78 is 4.82. The molecule has 10 rings (SSSR count). The molecule has 0 atom stereocenters. The largest absolute Gasteiger partial charge is 0.309 e. The van der Waals surface area contributed by atoms with Crippen LogP contribution in [0.15, 0.2) is 170 Å². The van der Waals surface area contributed by atoms with E-state index in [9.17, 15) is 0 Å². The first-order valence-corrected chi connectivity index (χ1v) is 17.5. The zero-order chi connectivity index (χ0) is 33.0. The van der Waals surface area contributed by atoms with Crippen LogP contribution in [0, 0.1) is 0 Å². The number of para-hydroxylation sites is 2. The number of rotatable bonds is 5. The minimum absolute atomic E-state index is 0.662. The van der Waals surface area contributed by atoms with Crippen molar-refractivity contribution in [3.8, 4) is 51.0 Å². The van der Waals surface area contributed by atoms with Crippen molar-refractivity contribution in [2.24, 2.45) is 0 Å². The number of nitrogens with zero attached hydrogens (tertiary/aromatic N) is 4. The molecule has 50 heavy (non-hydrogen) atoms. The lowest BCUT2D eigenvalue weighted by molar-refractivity contribution is 1.08. The summed E-state index contributed by atoms with van der Waals surface area (Å²) in [5, 5.41) is 4.86. The van der Waals surface area contributed by atoms with E-state index in [0.717, 1.165) is 22.4 Å². The van der Waals surface area contributed by atoms with E-state index in [0.29, 0.717) is 17.5 Å². The molecule has 0 N–H and O–H groups in total. The molecule has 7 aromatic carbocycles. The molecule has 3 heterocycles. The van der Waals surface area contributed by atoms with Gasteiger partial charge in [-0.25, -0.2) is 15.0 Å². The monoisotopic (exact) mass is 656 g/mol. The summed E-state index contributed by atoms with van der Waals surface area (Å²) in [5.74, 6) is 1.99. The first-order valence-electron chi connectivity index (χ1n) is 16.7. The van der Waals surface area contributed by atoms with Crippen LogP contribution < -0.4 is 0 Å². The van der Waals surface area contributed by atoms with E-state index >= 15 is 0 Å². The van der Waals surface area contributed by atoms with Crippen LogP contribution in [0.5, 0.6) is 0 Å². The Bertz CT molecular complexity index is 2800. The van der Waals surface area contributed by atoms with Gasteiger partial charge < -0.3 is 4.57 Å². The maximum absolute atomic E-state index is 5.09. The standard InChI is InChI=1S/C45H28N4S/c1-4-14-29(15-5-1)43-46-44(30-16-6-2-7-17-30)48-45(47-43)36-23-13-25-40-41(36)35-22-12-21-33(42(35)50-40)31-26-27-39-37(28-31)34-20-10-11-24-38(34)49(39)32-18-8-3-9-19-32/h1-28H. The Morgan fingerprint density at radius 1 is 0.400 bits per heavy atom. The number of hydrogen-bond acceptors (Lipinski definition) is 4. The van der Waals surface area contributed by atoms with Crippen molar-refractivity contribution in [1.82, 2.24) is 19.5 Å². The number of hydrogen-bond donors (Lipinski definition) is 0. The van der Waals surface area contributed by atoms with E-state index in [1.807, 2.05) is 47.7 Å². The van der Waals surface area contributed by atoms with Gasteiger partial charge in [-0.2, -0.15) is 0 Å². The van der Waals surface area contributed by atoms with Gasteiger partial charge in [0.1, 0.15) is 0 Å². The van der Waals surface area contributed by atoms with Crippen molar-refractivity contribution in [1.29, 1.82) is 0 Å². The molecule has 0 bridgehead atoms. The van der Waals surface area contributed by atoms with Crippen molar-refractivity contribution >= 4 is 53.3 Å². The van der Waals surface area contributed by atoms with Crippen LogP contribution in [0.2, 0.25) is 0 Å². The van der Waals surface area contributed by atoms with Crippen molar-refractivity contribution in [3.63, 3.8) is 0 Å². The van der Waals surface area contributed by atoms with Gasteiger partial charge in [0.05, 0.1) is 11.0 Å². The number of fused-ring (bicyclic) bond motifs is 6. The Hall–Kier alpha value is -6.43. The molecule has 4 nitrogen and oxygen atoms in total. The fourth-order valence-corrected chi connectivity index (χ4v) is 8.45. The maximum Gasteiger partial charge on any atom is 0.164 e. The predicted octanol–water partition coefficient (Wildman–Crippen LogP) is 12.0. The van der Waals surface area contributed by atoms with Crippen LogP contribution in [0.1, 0.15) is 0 Å². The lowest BCUT2D eigenvalue weighted by Crippen LogP contribution is -2.00. The zero-order valence-corrected chi connectivity index (χ0v) is 27.7. The second-order valence-corrected chi connectivity index (χ2v) is 13.5. The predicted molar refractivity (Wildman–Crippen MR) is 209 cm³/mol. The molecule has 0 aliphatic rings. The van der Waals surface area contributed by atoms with Crippen molar-refractivity contribution in [2.75, 3.05) is 0 Å². The second kappa shape index (κ2) is 11.6. The second-order valence-electron chi connectivity index (χ2n) is 12.4. The normalized spacial score (nSPS) is 11.6. The lowest BCUT2D eigenvalue weighted by Gasteiger charge is -2.10. The highest BCUT2D eigenvalue weighted by Gasteiger charge is 2.19. The molecular weight excluding hydrogens is 629 g/mol. The Labute approximate surface area is 292 Å². The molecule has 0 aliphatic heterocycles. The molecule has 0 fully saturated rings. The summed E-state index contributed by atoms with van der Waals surface area (Å²) in [6.45, 7) is 0. The Morgan fingerprint density at radius 3 is 1.72 bits per heavy atom. The number of thiophene rings is 1. The van der Waals surface area contributed by atoms with E-state index in [1.165, 1.54) is 53.1 Å². The molecule has 0 saturated heterocycles. The summed E-state index contributed by atoms with van der Waals surface area (Å²) in [7, 11) is 0. The Morgan fingerprint density at radius 2 is 0.980 bits per heavy atom. The molecule has 0 radical (unpaired) electrons. The summed E-state index contributed by atoms with van der Waals surface area (Å²) in [6, 6.07) is 59.7. The molecule has 0 unspecified atom stereocenters. The molecule has 0 saturated carbocycles. The van der Waals surface area contributed by atoms with E-state index in [-0.39, 0.29) is 0 Å². The third-order valence-electron chi connectivity index (χ3n) is 9.46. The van der Waals surface area contributed by atoms with Crippen LogP contribution in [0.25, 0.3) is 93.0 Å². The quantitative estimate of drug-likeness (QED) is 0.185. The maximum atomic E-state index is 5.09. The molecule has 234 valence electrons. The molecular formula is C45H28N4S. The highest BCUT2D eigenvalue weighted by Crippen LogP contribution is 2.44. The lowest BCUT2D eigenvalue weighted by atomic mass is 9.99. The SMILES string of the molecule is c1ccc(-c2nc(-c3ccccc3)nc(-c3cccc4sc5c(-c6ccc7c(c6)c6ccccc6n7-c6ccccc6)cccc5c34)n2)cc1. The fraction of sp³-hybridized carbons (Fsp3) is 0. The van der Waals surface area contributed by atoms with Crippen LogP contribution >= 0.6 is 11.3 Å². The average Bonchev–Trinajstić information content (AvgIpc) is 3.74. The smallest absolute Gasteiger partial charge is 0.164 e. The Balaban J connectivity index is 1.18. The van der Waals surface area contributed by atoms with Gasteiger partial charge in [0, 0.05) is 53.3 Å². The van der Waals surface area contributed by atoms with Crippen LogP contribution in [0.4, 0.5) is 0 Å². The summed E-state index contributed by atoms with van der Waals surface area (Å²) in [5.41, 5.74) is 8.91. The molecule has 0 aliphatic carbocycles. The summed E-state index contributed by atoms with van der Waals surface area (Å²) >= 11 is 1.83. The van der Waals surface area contributed by atoms with E-state index in [4.69, 9.17) is 15.0 Å². The summed E-state index contributed by atoms with van der Waals surface area (Å²) in [4.78, 5) is 15.1. The molecule has 0 amide bonds. The number of benzene rings is 7. The van der Waals surface area contributed by atoms with Gasteiger partial charge in [-0.15, -0.1) is 11.3 Å². The minimum atomic E-state index is 0.662. The first kappa shape index (κ1) is 28.6. The topological polar surface area (TPSA) is 43.6 Å². The van der Waals surface area contributed by atoms with Gasteiger partial charge in [-0.3, -0.25) is 0 Å². The molecule has 5 heteroatoms. The third-order valence-corrected chi connectivity index (χ3v) is 10.7. The highest BCUT2D eigenvalue weighted by molar-refractivity contribution is 7.26. The zero-order valence-electron chi connectivity index (χ0n) is 26.9. The average molecular weight is 657 g/mol. The van der Waals surface area contributed by atoms with Crippen molar-refractivity contribution in [3.05, 3.63) is 170 Å². The number of aromatic nitrogens is 4. The molecule has 10 aromatic rings. The van der Waals surface area contributed by atoms with E-state index in [2.05, 4.69) is 138 Å². The van der Waals surface area contributed by atoms with Gasteiger partial charge in [0.15, 0.2) is 17.5 Å². The molecule has 0 spiro atoms. The van der Waals surface area contributed by atoms with Gasteiger partial charge in [0.25, 0.3) is 0 Å². The van der Waals surface area contributed by atoms with Gasteiger partial charge >= 0.3 is 0 Å². The van der Waals surface area contributed by atoms with Crippen LogP contribution in [-0.4, -0.2) is 19.5 Å². The van der Waals surface area contributed by atoms with Crippen molar-refractivity contribution < 1.29 is 0 Å². The van der Waals surface area contributed by atoms with Crippen LogP contribution in [0.3, 0.4) is 0 Å². The highest BCUT2D eigenvalue weighted by atomic mass is 32.1. The van der Waals surface area contributed by atoms with Crippen molar-refractivity contribution in [2.45, 2.75) is 0 Å². The van der Waals surface area contributed by atoms with Gasteiger partial charge in [-0.1, -0.05) is 133 Å². The summed E-state index contributed by atoms with van der Waals surface area (Å²) in [6.07, 6.45) is 0. The first-order chi connectivity index (χ1) is 24.8. The van der Waals surface area contributed by atoms with Gasteiger partial charge in [0.2, 0.25) is 0 Å². The minimum Gasteiger partial charge on any atom is -0.309 e. The van der Waals surface area contributed by atoms with Gasteiger partial charge in [-0.05, 0) is 47.5 Å². The van der Waals surface area contributed by atoms with E-state index < -0.39 is 0 Å². The third kappa shape index (κ3) is 4.63.